The number of hydrogen-bond acceptors (Lipinski definition) is 4. The van der Waals surface area contributed by atoms with E-state index in [1.54, 1.807) is 0 Å². The quantitative estimate of drug-likeness (QED) is 0.305. The van der Waals surface area contributed by atoms with Crippen molar-refractivity contribution in [2.75, 3.05) is 39.3 Å². The summed E-state index contributed by atoms with van der Waals surface area (Å²) >= 11 is 0. The van der Waals surface area contributed by atoms with Gasteiger partial charge in [0.05, 0.1) is 0 Å². The Morgan fingerprint density at radius 3 is 0.853 bits per heavy atom. The molecule has 3 saturated carbocycles. The zero-order chi connectivity index (χ0) is 23.5. The van der Waals surface area contributed by atoms with Gasteiger partial charge in [0.2, 0.25) is 0 Å². The molecule has 0 amide bonds. The Morgan fingerprint density at radius 1 is 0.353 bits per heavy atom. The number of nitrogens with zero attached hydrogens (tertiary/aromatic N) is 1. The van der Waals surface area contributed by atoms with Crippen molar-refractivity contribution < 1.29 is 0 Å². The second-order valence-corrected chi connectivity index (χ2v) is 11.8. The van der Waals surface area contributed by atoms with E-state index < -0.39 is 0 Å². The molecule has 0 aromatic rings. The normalized spacial score (nSPS) is 23.6. The van der Waals surface area contributed by atoms with E-state index >= 15 is 0 Å². The molecule has 0 unspecified atom stereocenters. The van der Waals surface area contributed by atoms with Crippen molar-refractivity contribution in [2.45, 2.75) is 153 Å². The van der Waals surface area contributed by atoms with E-state index in [1.165, 1.54) is 154 Å². The smallest absolute Gasteiger partial charge is 0.0108 e. The Kier molecular flexibility index (Phi) is 15.9. The van der Waals surface area contributed by atoms with Gasteiger partial charge in [0.1, 0.15) is 0 Å². The van der Waals surface area contributed by atoms with Crippen LogP contribution in [0.4, 0.5) is 0 Å². The highest BCUT2D eigenvalue weighted by atomic mass is 15.2. The third-order valence-corrected chi connectivity index (χ3v) is 8.90. The summed E-state index contributed by atoms with van der Waals surface area (Å²) in [5.74, 6) is 0. The summed E-state index contributed by atoms with van der Waals surface area (Å²) in [5.41, 5.74) is 0. The molecule has 3 fully saturated rings. The molecule has 3 rings (SSSR count). The van der Waals surface area contributed by atoms with Gasteiger partial charge in [-0.15, -0.1) is 0 Å². The van der Waals surface area contributed by atoms with E-state index in [0.717, 1.165) is 37.8 Å². The predicted molar refractivity (Wildman–Crippen MR) is 149 cm³/mol. The van der Waals surface area contributed by atoms with Gasteiger partial charge in [-0.2, -0.15) is 0 Å². The zero-order valence-corrected chi connectivity index (χ0v) is 22.8. The molecule has 200 valence electrons. The molecule has 0 spiro atoms. The first-order valence-corrected chi connectivity index (χ1v) is 15.8. The van der Waals surface area contributed by atoms with Crippen molar-refractivity contribution >= 4 is 0 Å². The highest BCUT2D eigenvalue weighted by molar-refractivity contribution is 4.75. The van der Waals surface area contributed by atoms with E-state index in [9.17, 15) is 0 Å². The van der Waals surface area contributed by atoms with Crippen molar-refractivity contribution in [1.29, 1.82) is 0 Å². The highest BCUT2D eigenvalue weighted by Gasteiger charge is 2.15. The van der Waals surface area contributed by atoms with E-state index in [4.69, 9.17) is 0 Å². The summed E-state index contributed by atoms with van der Waals surface area (Å²) in [5, 5.41) is 11.8. The average Bonchev–Trinajstić information content (AvgIpc) is 2.77. The first kappa shape index (κ1) is 28.4. The number of hydrogen-bond donors (Lipinski definition) is 3. The maximum absolute atomic E-state index is 3.95. The van der Waals surface area contributed by atoms with Gasteiger partial charge in [-0.05, 0) is 38.5 Å². The fraction of sp³-hybridized carbons (Fsp3) is 1.00. The zero-order valence-electron chi connectivity index (χ0n) is 22.8. The van der Waals surface area contributed by atoms with E-state index in [0.29, 0.717) is 0 Å². The standard InChI is InChI=1S/C30H60N4/c1-4-10-16-28(17-11-5-1)31-22-25-34(26-23-32-29-18-12-6-2-7-13-19-29)27-24-33-30-20-14-8-3-9-15-21-30/h28-33H,1-27H2. The Bertz CT molecular complexity index is 380. The van der Waals surface area contributed by atoms with Crippen LogP contribution in [-0.4, -0.2) is 62.3 Å². The lowest BCUT2D eigenvalue weighted by atomic mass is 9.96. The summed E-state index contributed by atoms with van der Waals surface area (Å²) in [6.07, 6.45) is 30.0. The molecular formula is C30H60N4. The van der Waals surface area contributed by atoms with Crippen molar-refractivity contribution in [2.24, 2.45) is 0 Å². The van der Waals surface area contributed by atoms with Gasteiger partial charge in [-0.3, -0.25) is 4.90 Å². The summed E-state index contributed by atoms with van der Waals surface area (Å²) in [6, 6.07) is 2.30. The average molecular weight is 477 g/mol. The van der Waals surface area contributed by atoms with Crippen LogP contribution in [0.3, 0.4) is 0 Å². The minimum absolute atomic E-state index is 0.767. The van der Waals surface area contributed by atoms with Crippen LogP contribution in [0.25, 0.3) is 0 Å². The lowest BCUT2D eigenvalue weighted by molar-refractivity contribution is 0.248. The van der Waals surface area contributed by atoms with Crippen LogP contribution in [0.1, 0.15) is 135 Å². The van der Waals surface area contributed by atoms with Crippen LogP contribution in [-0.2, 0) is 0 Å². The monoisotopic (exact) mass is 476 g/mol. The van der Waals surface area contributed by atoms with Gasteiger partial charge < -0.3 is 16.0 Å². The maximum Gasteiger partial charge on any atom is 0.0108 e. The summed E-state index contributed by atoms with van der Waals surface area (Å²) < 4.78 is 0. The first-order valence-electron chi connectivity index (χ1n) is 15.8. The van der Waals surface area contributed by atoms with Crippen LogP contribution in [0, 0.1) is 0 Å². The van der Waals surface area contributed by atoms with Gasteiger partial charge in [0, 0.05) is 57.4 Å². The molecule has 4 heteroatoms. The Balaban J connectivity index is 1.37. The predicted octanol–water partition coefficient (Wildman–Crippen LogP) is 6.40. The van der Waals surface area contributed by atoms with Gasteiger partial charge in [-0.1, -0.05) is 96.3 Å². The molecule has 0 aliphatic heterocycles. The van der Waals surface area contributed by atoms with Crippen LogP contribution in [0.5, 0.6) is 0 Å². The van der Waals surface area contributed by atoms with Crippen molar-refractivity contribution in [3.63, 3.8) is 0 Å². The number of nitrogens with one attached hydrogen (secondary N) is 3. The van der Waals surface area contributed by atoms with E-state index in [1.807, 2.05) is 0 Å². The van der Waals surface area contributed by atoms with Crippen LogP contribution in [0.15, 0.2) is 0 Å². The largest absolute Gasteiger partial charge is 0.313 e. The topological polar surface area (TPSA) is 39.3 Å². The van der Waals surface area contributed by atoms with Gasteiger partial charge >= 0.3 is 0 Å². The molecule has 0 aromatic heterocycles. The molecule has 0 radical (unpaired) electrons. The SMILES string of the molecule is C1CCCC(NCCN(CCNC2CCCCCCC2)CCNC2CCCCCCC2)CCC1. The molecule has 3 aliphatic carbocycles. The molecule has 4 nitrogen and oxygen atoms in total. The second kappa shape index (κ2) is 19.0. The van der Waals surface area contributed by atoms with Gasteiger partial charge in [0.15, 0.2) is 0 Å². The molecule has 3 N–H and O–H groups in total. The molecule has 0 heterocycles. The maximum atomic E-state index is 3.95. The number of rotatable bonds is 12. The lowest BCUT2D eigenvalue weighted by Gasteiger charge is -2.28. The second-order valence-electron chi connectivity index (χ2n) is 11.8. The van der Waals surface area contributed by atoms with Crippen molar-refractivity contribution in [3.05, 3.63) is 0 Å². The van der Waals surface area contributed by atoms with Gasteiger partial charge in [0.25, 0.3) is 0 Å². The summed E-state index contributed by atoms with van der Waals surface area (Å²) in [7, 11) is 0. The fourth-order valence-corrected chi connectivity index (χ4v) is 6.60. The van der Waals surface area contributed by atoms with Crippen LogP contribution in [0.2, 0.25) is 0 Å². The molecular weight excluding hydrogens is 416 g/mol. The van der Waals surface area contributed by atoms with E-state index in [2.05, 4.69) is 20.9 Å². The molecule has 0 bridgehead atoms. The minimum atomic E-state index is 0.767. The Hall–Kier alpha value is -0.160. The molecule has 0 atom stereocenters. The van der Waals surface area contributed by atoms with E-state index in [-0.39, 0.29) is 0 Å². The van der Waals surface area contributed by atoms with Crippen LogP contribution < -0.4 is 16.0 Å². The Labute approximate surface area is 213 Å². The molecule has 0 aromatic carbocycles. The molecule has 34 heavy (non-hydrogen) atoms. The first-order chi connectivity index (χ1) is 16.9. The molecule has 0 saturated heterocycles. The third-order valence-electron chi connectivity index (χ3n) is 8.90. The summed E-state index contributed by atoms with van der Waals surface area (Å²) in [6.45, 7) is 7.10. The molecule has 3 aliphatic rings. The summed E-state index contributed by atoms with van der Waals surface area (Å²) in [4.78, 5) is 2.74. The minimum Gasteiger partial charge on any atom is -0.313 e. The van der Waals surface area contributed by atoms with Crippen LogP contribution >= 0.6 is 0 Å². The van der Waals surface area contributed by atoms with Crippen molar-refractivity contribution in [3.8, 4) is 0 Å². The fourth-order valence-electron chi connectivity index (χ4n) is 6.60. The Morgan fingerprint density at radius 2 is 0.588 bits per heavy atom. The lowest BCUT2D eigenvalue weighted by Crippen LogP contribution is -2.44. The van der Waals surface area contributed by atoms with Crippen molar-refractivity contribution in [1.82, 2.24) is 20.9 Å². The highest BCUT2D eigenvalue weighted by Crippen LogP contribution is 2.19. The van der Waals surface area contributed by atoms with Gasteiger partial charge in [-0.25, -0.2) is 0 Å². The third kappa shape index (κ3) is 13.2.